The second-order valence-corrected chi connectivity index (χ2v) is 15.7. The van der Waals surface area contributed by atoms with Crippen LogP contribution in [0.5, 0.6) is 0 Å². The molecule has 0 aliphatic heterocycles. The summed E-state index contributed by atoms with van der Waals surface area (Å²) >= 11 is 0. The van der Waals surface area contributed by atoms with Crippen molar-refractivity contribution in [1.82, 2.24) is 0 Å². The Balaban J connectivity index is 1.02. The molecule has 10 aromatic rings. The number of hydrogen-bond donors (Lipinski definition) is 0. The van der Waals surface area contributed by atoms with E-state index in [1.54, 1.807) is 0 Å². The van der Waals surface area contributed by atoms with E-state index >= 15 is 0 Å². The standard InChI is InChI=1S/C55H39NO/c1-55(2)51-23-12-11-21-45(51)46-30-29-43(34-52(46)55)56(41-18-7-4-8-19-41)42-27-24-37(25-28-42)48-35-50-49-33-40(39-17-13-16-38(32-39)36-14-5-3-6-15-36)26-31-53(49)57-54(50)47-22-10-9-20-44(47)48/h3-35H,1-2H3. The predicted molar refractivity (Wildman–Crippen MR) is 240 cm³/mol. The van der Waals surface area contributed by atoms with E-state index < -0.39 is 0 Å². The largest absolute Gasteiger partial charge is 0.455 e. The summed E-state index contributed by atoms with van der Waals surface area (Å²) in [7, 11) is 0. The van der Waals surface area contributed by atoms with Gasteiger partial charge in [0.1, 0.15) is 11.2 Å². The fourth-order valence-electron chi connectivity index (χ4n) is 9.17. The van der Waals surface area contributed by atoms with Gasteiger partial charge in [-0.15, -0.1) is 0 Å². The zero-order valence-corrected chi connectivity index (χ0v) is 31.9. The molecule has 57 heavy (non-hydrogen) atoms. The van der Waals surface area contributed by atoms with Crippen LogP contribution < -0.4 is 4.90 Å². The second-order valence-electron chi connectivity index (χ2n) is 15.7. The fourth-order valence-corrected chi connectivity index (χ4v) is 9.17. The SMILES string of the molecule is CC1(C)c2ccccc2-c2ccc(N(c3ccccc3)c3ccc(-c4cc5c6cc(-c7cccc(-c8ccccc8)c7)ccc6oc5c5ccccc45)cc3)cc21. The molecule has 0 amide bonds. The van der Waals surface area contributed by atoms with Crippen LogP contribution in [0.25, 0.3) is 77.2 Å². The molecule has 0 atom stereocenters. The van der Waals surface area contributed by atoms with Crippen molar-refractivity contribution >= 4 is 49.8 Å². The highest BCUT2D eigenvalue weighted by Gasteiger charge is 2.35. The average Bonchev–Trinajstić information content (AvgIpc) is 3.76. The first-order valence-electron chi connectivity index (χ1n) is 19.8. The van der Waals surface area contributed by atoms with Gasteiger partial charge in [0.2, 0.25) is 0 Å². The summed E-state index contributed by atoms with van der Waals surface area (Å²) in [6.45, 7) is 4.69. The van der Waals surface area contributed by atoms with Gasteiger partial charge in [-0.2, -0.15) is 0 Å². The third-order valence-electron chi connectivity index (χ3n) is 12.1. The van der Waals surface area contributed by atoms with E-state index in [0.717, 1.165) is 50.0 Å². The van der Waals surface area contributed by atoms with Gasteiger partial charge in [-0.25, -0.2) is 0 Å². The van der Waals surface area contributed by atoms with E-state index in [2.05, 4.69) is 219 Å². The van der Waals surface area contributed by atoms with Crippen molar-refractivity contribution in [3.05, 3.63) is 211 Å². The van der Waals surface area contributed by atoms with E-state index in [0.29, 0.717) is 0 Å². The minimum Gasteiger partial charge on any atom is -0.455 e. The molecule has 1 aromatic heterocycles. The third-order valence-corrected chi connectivity index (χ3v) is 12.1. The van der Waals surface area contributed by atoms with Crippen molar-refractivity contribution in [3.8, 4) is 44.5 Å². The predicted octanol–water partition coefficient (Wildman–Crippen LogP) is 15.5. The Morgan fingerprint density at radius 1 is 0.351 bits per heavy atom. The van der Waals surface area contributed by atoms with Crippen LogP contribution in [-0.4, -0.2) is 0 Å². The first-order chi connectivity index (χ1) is 28.0. The smallest absolute Gasteiger partial charge is 0.143 e. The zero-order valence-electron chi connectivity index (χ0n) is 31.9. The third kappa shape index (κ3) is 5.40. The molecule has 2 heteroatoms. The molecule has 0 unspecified atom stereocenters. The van der Waals surface area contributed by atoms with Crippen LogP contribution in [0.2, 0.25) is 0 Å². The molecule has 0 saturated heterocycles. The zero-order chi connectivity index (χ0) is 38.1. The molecule has 0 radical (unpaired) electrons. The summed E-state index contributed by atoms with van der Waals surface area (Å²) in [5, 5.41) is 4.53. The molecule has 11 rings (SSSR count). The Hall–Kier alpha value is -7.16. The van der Waals surface area contributed by atoms with Crippen LogP contribution in [0.15, 0.2) is 205 Å². The molecule has 0 fully saturated rings. The highest BCUT2D eigenvalue weighted by molar-refractivity contribution is 6.19. The van der Waals surface area contributed by atoms with Crippen LogP contribution in [0.4, 0.5) is 17.1 Å². The van der Waals surface area contributed by atoms with Crippen LogP contribution in [0.1, 0.15) is 25.0 Å². The van der Waals surface area contributed by atoms with Gasteiger partial charge in [-0.05, 0) is 122 Å². The lowest BCUT2D eigenvalue weighted by Crippen LogP contribution is -2.16. The lowest BCUT2D eigenvalue weighted by atomic mass is 9.82. The highest BCUT2D eigenvalue weighted by atomic mass is 16.3. The number of nitrogens with zero attached hydrogens (tertiary/aromatic N) is 1. The quantitative estimate of drug-likeness (QED) is 0.169. The molecule has 1 aliphatic carbocycles. The molecule has 0 bridgehead atoms. The average molecular weight is 730 g/mol. The number of furan rings is 1. The molecule has 2 nitrogen and oxygen atoms in total. The minimum atomic E-state index is -0.0852. The van der Waals surface area contributed by atoms with E-state index in [1.165, 1.54) is 55.5 Å². The molecule has 1 heterocycles. The van der Waals surface area contributed by atoms with E-state index in [9.17, 15) is 0 Å². The van der Waals surface area contributed by atoms with Crippen molar-refractivity contribution in [2.75, 3.05) is 4.90 Å². The van der Waals surface area contributed by atoms with E-state index in [4.69, 9.17) is 4.42 Å². The Bertz CT molecular complexity index is 3140. The van der Waals surface area contributed by atoms with E-state index in [-0.39, 0.29) is 5.41 Å². The number of fused-ring (bicyclic) bond motifs is 8. The van der Waals surface area contributed by atoms with Crippen molar-refractivity contribution in [1.29, 1.82) is 0 Å². The molecule has 9 aromatic carbocycles. The van der Waals surface area contributed by atoms with Gasteiger partial charge in [0.15, 0.2) is 0 Å². The first-order valence-corrected chi connectivity index (χ1v) is 19.8. The number of rotatable bonds is 6. The van der Waals surface area contributed by atoms with Gasteiger partial charge in [0.05, 0.1) is 0 Å². The molecule has 0 saturated carbocycles. The van der Waals surface area contributed by atoms with Gasteiger partial charge in [0, 0.05) is 38.6 Å². The van der Waals surface area contributed by atoms with Crippen molar-refractivity contribution in [2.45, 2.75) is 19.3 Å². The molecule has 0 N–H and O–H groups in total. The van der Waals surface area contributed by atoms with Crippen molar-refractivity contribution in [2.24, 2.45) is 0 Å². The minimum absolute atomic E-state index is 0.0852. The molecular weight excluding hydrogens is 691 g/mol. The van der Waals surface area contributed by atoms with Crippen LogP contribution in [-0.2, 0) is 5.41 Å². The van der Waals surface area contributed by atoms with Gasteiger partial charge >= 0.3 is 0 Å². The maximum absolute atomic E-state index is 6.65. The van der Waals surface area contributed by atoms with Crippen molar-refractivity contribution < 1.29 is 4.42 Å². The maximum Gasteiger partial charge on any atom is 0.143 e. The number of benzene rings is 9. The van der Waals surface area contributed by atoms with Crippen LogP contribution in [0, 0.1) is 0 Å². The normalized spacial score (nSPS) is 12.9. The molecular formula is C55H39NO. The summed E-state index contributed by atoms with van der Waals surface area (Å²) in [6.07, 6.45) is 0. The monoisotopic (exact) mass is 729 g/mol. The summed E-state index contributed by atoms with van der Waals surface area (Å²) in [4.78, 5) is 2.38. The summed E-state index contributed by atoms with van der Waals surface area (Å²) in [5.74, 6) is 0. The Morgan fingerprint density at radius 2 is 0.947 bits per heavy atom. The highest BCUT2D eigenvalue weighted by Crippen LogP contribution is 2.51. The van der Waals surface area contributed by atoms with E-state index in [1.807, 2.05) is 0 Å². The van der Waals surface area contributed by atoms with Crippen molar-refractivity contribution in [3.63, 3.8) is 0 Å². The van der Waals surface area contributed by atoms with Crippen LogP contribution in [0.3, 0.4) is 0 Å². The number of para-hydroxylation sites is 1. The molecule has 0 spiro atoms. The fraction of sp³-hybridized carbons (Fsp3) is 0.0545. The van der Waals surface area contributed by atoms with Gasteiger partial charge in [-0.1, -0.05) is 153 Å². The molecule has 1 aliphatic rings. The van der Waals surface area contributed by atoms with Gasteiger partial charge in [0.25, 0.3) is 0 Å². The first kappa shape index (κ1) is 33.2. The molecule has 270 valence electrons. The summed E-state index contributed by atoms with van der Waals surface area (Å²) in [5.41, 5.74) is 17.6. The Labute approximate surface area is 332 Å². The van der Waals surface area contributed by atoms with Gasteiger partial charge < -0.3 is 9.32 Å². The number of anilines is 3. The summed E-state index contributed by atoms with van der Waals surface area (Å²) in [6, 6.07) is 72.5. The lowest BCUT2D eigenvalue weighted by molar-refractivity contribution is 0.660. The van der Waals surface area contributed by atoms with Crippen LogP contribution >= 0.6 is 0 Å². The lowest BCUT2D eigenvalue weighted by Gasteiger charge is -2.28. The van der Waals surface area contributed by atoms with Gasteiger partial charge in [-0.3, -0.25) is 0 Å². The second kappa shape index (κ2) is 13.0. The maximum atomic E-state index is 6.65. The summed E-state index contributed by atoms with van der Waals surface area (Å²) < 4.78 is 6.65. The Morgan fingerprint density at radius 3 is 1.75 bits per heavy atom. The topological polar surface area (TPSA) is 16.4 Å². The Kier molecular flexibility index (Phi) is 7.55. The number of hydrogen-bond acceptors (Lipinski definition) is 2.